The van der Waals surface area contributed by atoms with Gasteiger partial charge in [-0.25, -0.2) is 4.68 Å². The summed E-state index contributed by atoms with van der Waals surface area (Å²) in [4.78, 5) is 18.1. The second-order valence-corrected chi connectivity index (χ2v) is 7.76. The summed E-state index contributed by atoms with van der Waals surface area (Å²) in [5.41, 5.74) is 3.53. The molecule has 5 aromatic rings. The standard InChI is InChI=1S/C26H19N3O3/c30-26-25-19(5-3-6-21(25)18-9-11-23-24(14-18)32-16-31-23)15-27-29(26)13-12-20-10-8-17-4-1-2-7-22(17)28-20/h1-11,14-15H,12-13,16H2. The molecule has 0 fully saturated rings. The first-order valence-electron chi connectivity index (χ1n) is 10.5. The van der Waals surface area contributed by atoms with Gasteiger partial charge in [0.25, 0.3) is 5.56 Å². The fourth-order valence-corrected chi connectivity index (χ4v) is 4.16. The maximum absolute atomic E-state index is 13.4. The van der Waals surface area contributed by atoms with Crippen molar-refractivity contribution >= 4 is 21.7 Å². The molecule has 0 radical (unpaired) electrons. The van der Waals surface area contributed by atoms with Crippen LogP contribution in [0.3, 0.4) is 0 Å². The van der Waals surface area contributed by atoms with Gasteiger partial charge in [0.15, 0.2) is 11.5 Å². The zero-order valence-corrected chi connectivity index (χ0v) is 17.2. The normalized spacial score (nSPS) is 12.5. The first kappa shape index (κ1) is 18.6. The molecule has 0 amide bonds. The van der Waals surface area contributed by atoms with Gasteiger partial charge in [-0.05, 0) is 35.4 Å². The Labute approximate surface area is 183 Å². The smallest absolute Gasteiger partial charge is 0.275 e. The molecule has 0 saturated heterocycles. The number of rotatable bonds is 4. The summed E-state index contributed by atoms with van der Waals surface area (Å²) in [6.07, 6.45) is 2.37. The van der Waals surface area contributed by atoms with E-state index >= 15 is 0 Å². The molecule has 0 spiro atoms. The number of pyridine rings is 1. The molecule has 0 bridgehead atoms. The molecular formula is C26H19N3O3. The number of nitrogens with zero attached hydrogens (tertiary/aromatic N) is 3. The largest absolute Gasteiger partial charge is 0.454 e. The summed E-state index contributed by atoms with van der Waals surface area (Å²) >= 11 is 0. The monoisotopic (exact) mass is 421 g/mol. The van der Waals surface area contributed by atoms with E-state index in [4.69, 9.17) is 14.5 Å². The third kappa shape index (κ3) is 3.17. The van der Waals surface area contributed by atoms with Gasteiger partial charge in [-0.15, -0.1) is 0 Å². The fraction of sp³-hybridized carbons (Fsp3) is 0.115. The van der Waals surface area contributed by atoms with Crippen LogP contribution >= 0.6 is 0 Å². The predicted octanol–water partition coefficient (Wildman–Crippen LogP) is 4.58. The molecule has 0 atom stereocenters. The van der Waals surface area contributed by atoms with Crippen molar-refractivity contribution in [2.75, 3.05) is 6.79 Å². The molecule has 32 heavy (non-hydrogen) atoms. The average Bonchev–Trinajstić information content (AvgIpc) is 3.31. The van der Waals surface area contributed by atoms with E-state index in [-0.39, 0.29) is 12.4 Å². The summed E-state index contributed by atoms with van der Waals surface area (Å²) in [5, 5.41) is 6.97. The van der Waals surface area contributed by atoms with Crippen LogP contribution in [0.1, 0.15) is 5.69 Å². The van der Waals surface area contributed by atoms with Crippen LogP contribution in [-0.2, 0) is 13.0 Å². The van der Waals surface area contributed by atoms with Crippen LogP contribution in [0.5, 0.6) is 11.5 Å². The minimum atomic E-state index is -0.114. The van der Waals surface area contributed by atoms with Crippen molar-refractivity contribution in [2.45, 2.75) is 13.0 Å². The Morgan fingerprint density at radius 1 is 0.875 bits per heavy atom. The summed E-state index contributed by atoms with van der Waals surface area (Å²) in [5.74, 6) is 1.41. The molecule has 2 aromatic heterocycles. The van der Waals surface area contributed by atoms with E-state index in [1.54, 1.807) is 6.20 Å². The van der Waals surface area contributed by atoms with Crippen LogP contribution in [-0.4, -0.2) is 21.6 Å². The van der Waals surface area contributed by atoms with E-state index in [2.05, 4.69) is 11.2 Å². The molecule has 6 nitrogen and oxygen atoms in total. The lowest BCUT2D eigenvalue weighted by atomic mass is 9.99. The zero-order chi connectivity index (χ0) is 21.5. The van der Waals surface area contributed by atoms with E-state index in [0.717, 1.165) is 38.9 Å². The number of aromatic nitrogens is 3. The van der Waals surface area contributed by atoms with Gasteiger partial charge in [-0.3, -0.25) is 9.78 Å². The van der Waals surface area contributed by atoms with Crippen LogP contribution in [0.15, 0.2) is 83.8 Å². The molecule has 3 aromatic carbocycles. The highest BCUT2D eigenvalue weighted by Crippen LogP contribution is 2.37. The van der Waals surface area contributed by atoms with Gasteiger partial charge < -0.3 is 9.47 Å². The molecule has 0 aliphatic carbocycles. The van der Waals surface area contributed by atoms with Crippen LogP contribution in [0.2, 0.25) is 0 Å². The summed E-state index contributed by atoms with van der Waals surface area (Å²) in [6.45, 7) is 0.670. The highest BCUT2D eigenvalue weighted by molar-refractivity contribution is 5.96. The summed E-state index contributed by atoms with van der Waals surface area (Å²) in [7, 11) is 0. The van der Waals surface area contributed by atoms with Crippen molar-refractivity contribution in [1.82, 2.24) is 14.8 Å². The van der Waals surface area contributed by atoms with Crippen molar-refractivity contribution in [3.8, 4) is 22.6 Å². The lowest BCUT2D eigenvalue weighted by Crippen LogP contribution is -2.24. The maximum Gasteiger partial charge on any atom is 0.275 e. The minimum Gasteiger partial charge on any atom is -0.454 e. The van der Waals surface area contributed by atoms with Crippen molar-refractivity contribution in [2.24, 2.45) is 0 Å². The van der Waals surface area contributed by atoms with Crippen LogP contribution in [0.25, 0.3) is 32.8 Å². The summed E-state index contributed by atoms with van der Waals surface area (Å²) in [6, 6.07) is 23.6. The van der Waals surface area contributed by atoms with E-state index in [0.29, 0.717) is 24.1 Å². The van der Waals surface area contributed by atoms with Gasteiger partial charge in [0.05, 0.1) is 23.6 Å². The zero-order valence-electron chi connectivity index (χ0n) is 17.2. The Bertz CT molecular complexity index is 1540. The quantitative estimate of drug-likeness (QED) is 0.425. The van der Waals surface area contributed by atoms with E-state index in [1.807, 2.05) is 66.7 Å². The second kappa shape index (κ2) is 7.50. The van der Waals surface area contributed by atoms with Crippen molar-refractivity contribution < 1.29 is 9.47 Å². The van der Waals surface area contributed by atoms with Crippen molar-refractivity contribution in [3.63, 3.8) is 0 Å². The van der Waals surface area contributed by atoms with Crippen LogP contribution in [0.4, 0.5) is 0 Å². The predicted molar refractivity (Wildman–Crippen MR) is 123 cm³/mol. The SMILES string of the molecule is O=c1c2c(-c3ccc4c(c3)OCO4)cccc2cnn1CCc1ccc2ccccc2n1. The highest BCUT2D eigenvalue weighted by atomic mass is 16.7. The van der Waals surface area contributed by atoms with Crippen LogP contribution in [0, 0.1) is 0 Å². The van der Waals surface area contributed by atoms with Gasteiger partial charge >= 0.3 is 0 Å². The number of para-hydroxylation sites is 1. The van der Waals surface area contributed by atoms with E-state index in [9.17, 15) is 4.79 Å². The molecule has 1 aliphatic heterocycles. The molecule has 3 heterocycles. The fourth-order valence-electron chi connectivity index (χ4n) is 4.16. The molecule has 0 unspecified atom stereocenters. The first-order valence-corrected chi connectivity index (χ1v) is 10.5. The number of benzene rings is 3. The lowest BCUT2D eigenvalue weighted by molar-refractivity contribution is 0.174. The lowest BCUT2D eigenvalue weighted by Gasteiger charge is -2.10. The number of aryl methyl sites for hydroxylation is 2. The molecule has 6 heteroatoms. The number of ether oxygens (including phenoxy) is 2. The highest BCUT2D eigenvalue weighted by Gasteiger charge is 2.16. The maximum atomic E-state index is 13.4. The molecule has 0 N–H and O–H groups in total. The number of fused-ring (bicyclic) bond motifs is 3. The van der Waals surface area contributed by atoms with Gasteiger partial charge in [0, 0.05) is 22.9 Å². The Morgan fingerprint density at radius 2 is 1.75 bits per heavy atom. The van der Waals surface area contributed by atoms with Gasteiger partial charge in [-0.2, -0.15) is 5.10 Å². The number of hydrogen-bond donors (Lipinski definition) is 0. The number of hydrogen-bond acceptors (Lipinski definition) is 5. The molecule has 1 aliphatic rings. The van der Waals surface area contributed by atoms with Crippen LogP contribution < -0.4 is 15.0 Å². The second-order valence-electron chi connectivity index (χ2n) is 7.76. The van der Waals surface area contributed by atoms with Gasteiger partial charge in [0.1, 0.15) is 0 Å². The molecule has 0 saturated carbocycles. The first-order chi connectivity index (χ1) is 15.8. The third-order valence-electron chi connectivity index (χ3n) is 5.80. The van der Waals surface area contributed by atoms with E-state index in [1.165, 1.54) is 4.68 Å². The Hall–Kier alpha value is -4.19. The minimum absolute atomic E-state index is 0.114. The third-order valence-corrected chi connectivity index (χ3v) is 5.80. The van der Waals surface area contributed by atoms with Gasteiger partial charge in [-0.1, -0.05) is 48.5 Å². The molecule has 6 rings (SSSR count). The van der Waals surface area contributed by atoms with Crippen molar-refractivity contribution in [1.29, 1.82) is 0 Å². The Morgan fingerprint density at radius 3 is 2.72 bits per heavy atom. The van der Waals surface area contributed by atoms with Gasteiger partial charge in [0.2, 0.25) is 6.79 Å². The Kier molecular flexibility index (Phi) is 4.35. The topological polar surface area (TPSA) is 66.2 Å². The van der Waals surface area contributed by atoms with E-state index < -0.39 is 0 Å². The Balaban J connectivity index is 1.37. The molecular weight excluding hydrogens is 402 g/mol. The molecule has 156 valence electrons. The average molecular weight is 421 g/mol. The summed E-state index contributed by atoms with van der Waals surface area (Å²) < 4.78 is 12.5. The van der Waals surface area contributed by atoms with Crippen molar-refractivity contribution in [3.05, 3.63) is 95.0 Å².